The molecule has 5 heteroatoms. The summed E-state index contributed by atoms with van der Waals surface area (Å²) in [6, 6.07) is -0.184. The Morgan fingerprint density at radius 1 is 1.71 bits per heavy atom. The van der Waals surface area contributed by atoms with Gasteiger partial charge in [0, 0.05) is 12.6 Å². The second-order valence-electron chi connectivity index (χ2n) is 3.60. The van der Waals surface area contributed by atoms with Gasteiger partial charge in [-0.2, -0.15) is 0 Å². The maximum absolute atomic E-state index is 10.9. The molecule has 0 amide bonds. The lowest BCUT2D eigenvalue weighted by molar-refractivity contribution is 0.0688. The van der Waals surface area contributed by atoms with Crippen LogP contribution in [0, 0.1) is 6.92 Å². The number of nitrogens with zero attached hydrogens (tertiary/aromatic N) is 2. The third kappa shape index (κ3) is 1.21. The number of carbonyl (C=O) groups is 1. The van der Waals surface area contributed by atoms with Crippen LogP contribution < -0.4 is 5.73 Å². The molecule has 1 aromatic heterocycles. The van der Waals surface area contributed by atoms with Crippen molar-refractivity contribution in [2.24, 2.45) is 5.73 Å². The van der Waals surface area contributed by atoms with Crippen molar-refractivity contribution in [2.75, 3.05) is 0 Å². The molecule has 1 atom stereocenters. The number of hydrogen-bond acceptors (Lipinski definition) is 3. The lowest BCUT2D eigenvalue weighted by Gasteiger charge is -2.21. The van der Waals surface area contributed by atoms with E-state index in [1.165, 1.54) is 0 Å². The molecule has 76 valence electrons. The van der Waals surface area contributed by atoms with Crippen molar-refractivity contribution in [2.45, 2.75) is 32.4 Å². The number of imidazole rings is 1. The maximum Gasteiger partial charge on any atom is 0.356 e. The summed E-state index contributed by atoms with van der Waals surface area (Å²) in [6.07, 6.45) is 1.83. The van der Waals surface area contributed by atoms with Crippen molar-refractivity contribution in [1.29, 1.82) is 0 Å². The topological polar surface area (TPSA) is 81.1 Å². The number of aryl methyl sites for hydroxylation is 1. The number of rotatable bonds is 1. The molecule has 1 aliphatic rings. The van der Waals surface area contributed by atoms with Crippen LogP contribution in [-0.4, -0.2) is 20.6 Å². The Kier molecular flexibility index (Phi) is 2.03. The van der Waals surface area contributed by atoms with Crippen LogP contribution in [0.1, 0.15) is 40.9 Å². The van der Waals surface area contributed by atoms with E-state index < -0.39 is 5.97 Å². The monoisotopic (exact) mass is 195 g/mol. The highest BCUT2D eigenvalue weighted by molar-refractivity contribution is 5.87. The first-order valence-electron chi connectivity index (χ1n) is 4.67. The number of aromatic carboxylic acids is 1. The van der Waals surface area contributed by atoms with Crippen LogP contribution in [-0.2, 0) is 6.54 Å². The van der Waals surface area contributed by atoms with Crippen LogP contribution in [0.4, 0.5) is 0 Å². The van der Waals surface area contributed by atoms with Gasteiger partial charge in [0.15, 0.2) is 5.69 Å². The average molecular weight is 195 g/mol. The molecular weight excluding hydrogens is 182 g/mol. The highest BCUT2D eigenvalue weighted by atomic mass is 16.4. The third-order valence-electron chi connectivity index (χ3n) is 2.65. The Morgan fingerprint density at radius 3 is 3.07 bits per heavy atom. The summed E-state index contributed by atoms with van der Waals surface area (Å²) in [6.45, 7) is 2.64. The van der Waals surface area contributed by atoms with Crippen LogP contribution in [0.2, 0.25) is 0 Å². The molecule has 0 saturated carbocycles. The van der Waals surface area contributed by atoms with Gasteiger partial charge >= 0.3 is 5.97 Å². The minimum atomic E-state index is -0.987. The van der Waals surface area contributed by atoms with Gasteiger partial charge in [-0.05, 0) is 19.8 Å². The van der Waals surface area contributed by atoms with E-state index in [2.05, 4.69) is 4.98 Å². The summed E-state index contributed by atoms with van der Waals surface area (Å²) in [5.41, 5.74) is 6.68. The van der Waals surface area contributed by atoms with Gasteiger partial charge in [0.2, 0.25) is 0 Å². The summed E-state index contributed by atoms with van der Waals surface area (Å²) in [7, 11) is 0. The van der Waals surface area contributed by atoms with E-state index in [1.807, 2.05) is 11.5 Å². The van der Waals surface area contributed by atoms with Crippen LogP contribution in [0.3, 0.4) is 0 Å². The zero-order valence-electron chi connectivity index (χ0n) is 8.03. The molecule has 14 heavy (non-hydrogen) atoms. The normalized spacial score (nSPS) is 20.6. The lowest BCUT2D eigenvalue weighted by Crippen LogP contribution is -2.24. The lowest BCUT2D eigenvalue weighted by atomic mass is 10.0. The van der Waals surface area contributed by atoms with Gasteiger partial charge in [-0.25, -0.2) is 9.78 Å². The zero-order valence-corrected chi connectivity index (χ0v) is 8.03. The quantitative estimate of drug-likeness (QED) is 0.690. The fourth-order valence-electron chi connectivity index (χ4n) is 2.00. The number of aromatic nitrogens is 2. The summed E-state index contributed by atoms with van der Waals surface area (Å²) < 4.78 is 1.91. The first kappa shape index (κ1) is 9.21. The molecule has 0 bridgehead atoms. The number of hydrogen-bond donors (Lipinski definition) is 2. The van der Waals surface area contributed by atoms with Gasteiger partial charge < -0.3 is 15.4 Å². The molecule has 1 aliphatic heterocycles. The Labute approximate surface area is 81.5 Å². The molecule has 1 unspecified atom stereocenters. The van der Waals surface area contributed by atoms with Crippen molar-refractivity contribution in [3.63, 3.8) is 0 Å². The van der Waals surface area contributed by atoms with Gasteiger partial charge in [0.1, 0.15) is 5.82 Å². The Balaban J connectivity index is 2.59. The van der Waals surface area contributed by atoms with Crippen LogP contribution in [0.15, 0.2) is 0 Å². The molecule has 0 aromatic carbocycles. The Morgan fingerprint density at radius 2 is 2.43 bits per heavy atom. The Bertz CT molecular complexity index is 384. The minimum absolute atomic E-state index is 0.120. The molecule has 1 aromatic rings. The number of nitrogens with two attached hydrogens (primary N) is 1. The van der Waals surface area contributed by atoms with Crippen molar-refractivity contribution in [3.8, 4) is 0 Å². The zero-order chi connectivity index (χ0) is 10.3. The van der Waals surface area contributed by atoms with Crippen molar-refractivity contribution < 1.29 is 9.90 Å². The largest absolute Gasteiger partial charge is 0.476 e. The van der Waals surface area contributed by atoms with E-state index in [0.29, 0.717) is 5.69 Å². The van der Waals surface area contributed by atoms with Gasteiger partial charge in [0.25, 0.3) is 0 Å². The highest BCUT2D eigenvalue weighted by Crippen LogP contribution is 2.27. The molecule has 2 heterocycles. The predicted molar refractivity (Wildman–Crippen MR) is 50.1 cm³/mol. The standard InChI is InChI=1S/C9H13N3O2/c1-5-11-7(9(13)14)8-6(10)3-2-4-12(5)8/h6H,2-4,10H2,1H3,(H,13,14). The van der Waals surface area contributed by atoms with E-state index in [-0.39, 0.29) is 11.7 Å². The van der Waals surface area contributed by atoms with Crippen molar-refractivity contribution in [1.82, 2.24) is 9.55 Å². The number of carboxylic acids is 1. The second kappa shape index (κ2) is 3.09. The number of carboxylic acid groups (broad SMARTS) is 1. The maximum atomic E-state index is 10.9. The first-order valence-corrected chi connectivity index (χ1v) is 4.67. The second-order valence-corrected chi connectivity index (χ2v) is 3.60. The fourth-order valence-corrected chi connectivity index (χ4v) is 2.00. The SMILES string of the molecule is Cc1nc(C(=O)O)c2n1CCCC2N. The van der Waals surface area contributed by atoms with E-state index in [0.717, 1.165) is 25.2 Å². The van der Waals surface area contributed by atoms with E-state index in [1.54, 1.807) is 0 Å². The first-order chi connectivity index (χ1) is 6.61. The molecule has 0 spiro atoms. The van der Waals surface area contributed by atoms with Gasteiger partial charge in [-0.3, -0.25) is 0 Å². The van der Waals surface area contributed by atoms with Crippen molar-refractivity contribution >= 4 is 5.97 Å². The molecule has 0 saturated heterocycles. The highest BCUT2D eigenvalue weighted by Gasteiger charge is 2.27. The Hall–Kier alpha value is -1.36. The smallest absolute Gasteiger partial charge is 0.356 e. The summed E-state index contributed by atoms with van der Waals surface area (Å²) in [5.74, 6) is -0.244. The van der Waals surface area contributed by atoms with Gasteiger partial charge in [0.05, 0.1) is 5.69 Å². The van der Waals surface area contributed by atoms with Crippen LogP contribution in [0.25, 0.3) is 0 Å². The average Bonchev–Trinajstić information content (AvgIpc) is 2.46. The molecular formula is C9H13N3O2. The minimum Gasteiger partial charge on any atom is -0.476 e. The summed E-state index contributed by atoms with van der Waals surface area (Å²) in [5, 5.41) is 8.94. The van der Waals surface area contributed by atoms with E-state index >= 15 is 0 Å². The van der Waals surface area contributed by atoms with E-state index in [4.69, 9.17) is 10.8 Å². The van der Waals surface area contributed by atoms with Crippen LogP contribution >= 0.6 is 0 Å². The molecule has 2 rings (SSSR count). The molecule has 0 radical (unpaired) electrons. The molecule has 3 N–H and O–H groups in total. The van der Waals surface area contributed by atoms with Gasteiger partial charge in [-0.15, -0.1) is 0 Å². The summed E-state index contributed by atoms with van der Waals surface area (Å²) in [4.78, 5) is 14.9. The molecule has 0 aliphatic carbocycles. The molecule has 0 fully saturated rings. The number of fused-ring (bicyclic) bond motifs is 1. The van der Waals surface area contributed by atoms with Crippen LogP contribution in [0.5, 0.6) is 0 Å². The molecule has 5 nitrogen and oxygen atoms in total. The van der Waals surface area contributed by atoms with Gasteiger partial charge in [-0.1, -0.05) is 0 Å². The van der Waals surface area contributed by atoms with Crippen molar-refractivity contribution in [3.05, 3.63) is 17.2 Å². The predicted octanol–water partition coefficient (Wildman–Crippen LogP) is 0.683. The third-order valence-corrected chi connectivity index (χ3v) is 2.65. The summed E-state index contributed by atoms with van der Waals surface area (Å²) >= 11 is 0. The fraction of sp³-hybridized carbons (Fsp3) is 0.556. The van der Waals surface area contributed by atoms with E-state index in [9.17, 15) is 4.79 Å².